The number of hydrogen-bond donors (Lipinski definition) is 1. The number of fused-ring (bicyclic) bond motifs is 3. The van der Waals surface area contributed by atoms with Crippen LogP contribution in [0, 0.1) is 4.78 Å². The van der Waals surface area contributed by atoms with Gasteiger partial charge in [-0.2, -0.15) is 0 Å². The van der Waals surface area contributed by atoms with E-state index in [0.717, 1.165) is 40.7 Å². The molecule has 1 fully saturated rings. The molecule has 31 heavy (non-hydrogen) atoms. The number of benzene rings is 1. The maximum absolute atomic E-state index is 13.4. The number of anilines is 1. The minimum atomic E-state index is -2.56. The Morgan fingerprint density at radius 1 is 1.23 bits per heavy atom. The van der Waals surface area contributed by atoms with Crippen LogP contribution in [0.2, 0.25) is 10.0 Å². The molecule has 0 bridgehead atoms. The lowest BCUT2D eigenvalue weighted by Crippen LogP contribution is -2.32. The van der Waals surface area contributed by atoms with Gasteiger partial charge in [0.2, 0.25) is 5.91 Å². The van der Waals surface area contributed by atoms with E-state index in [2.05, 4.69) is 9.55 Å². The molecule has 5 rings (SSSR count). The second kappa shape index (κ2) is 7.22. The molecule has 1 N–H and O–H groups in total. The number of carbonyl (C=O) groups is 1. The van der Waals surface area contributed by atoms with Crippen molar-refractivity contribution in [1.82, 2.24) is 9.55 Å². The zero-order valence-electron chi connectivity index (χ0n) is 17.0. The first-order chi connectivity index (χ1) is 14.7. The Balaban J connectivity index is 1.54. The number of rotatable bonds is 6. The summed E-state index contributed by atoms with van der Waals surface area (Å²) in [5, 5.41) is 2.18. The van der Waals surface area contributed by atoms with Crippen LogP contribution in [0.1, 0.15) is 30.5 Å². The Bertz CT molecular complexity index is 1330. The van der Waals surface area contributed by atoms with Gasteiger partial charge in [-0.15, -0.1) is 0 Å². The van der Waals surface area contributed by atoms with Crippen molar-refractivity contribution in [2.75, 3.05) is 16.9 Å². The summed E-state index contributed by atoms with van der Waals surface area (Å²) < 4.78 is 21.7. The SMILES string of the molecule is CS(=N)(=O)CCCn1c(CN2C(=O)C3(CC3)c3c(Cl)cncc32)cc2cc(Cl)ccc21. The molecule has 1 spiro atoms. The molecule has 2 aliphatic rings. The molecule has 1 unspecified atom stereocenters. The van der Waals surface area contributed by atoms with Crippen LogP contribution in [0.5, 0.6) is 0 Å². The number of halogens is 2. The predicted molar refractivity (Wildman–Crippen MR) is 125 cm³/mol. The molecule has 1 aromatic carbocycles. The average molecular weight is 477 g/mol. The Morgan fingerprint density at radius 3 is 2.71 bits per heavy atom. The summed E-state index contributed by atoms with van der Waals surface area (Å²) in [5.41, 5.74) is 3.16. The van der Waals surface area contributed by atoms with E-state index < -0.39 is 15.1 Å². The van der Waals surface area contributed by atoms with Crippen molar-refractivity contribution >= 4 is 55.4 Å². The highest BCUT2D eigenvalue weighted by atomic mass is 35.5. The lowest BCUT2D eigenvalue weighted by Gasteiger charge is -2.20. The van der Waals surface area contributed by atoms with Crippen molar-refractivity contribution in [2.24, 2.45) is 0 Å². The Labute approximate surface area is 191 Å². The van der Waals surface area contributed by atoms with Crippen LogP contribution >= 0.6 is 23.2 Å². The highest BCUT2D eigenvalue weighted by Crippen LogP contribution is 2.59. The minimum Gasteiger partial charge on any atom is -0.343 e. The fraction of sp³-hybridized carbons (Fsp3) is 0.364. The van der Waals surface area contributed by atoms with E-state index in [9.17, 15) is 9.00 Å². The van der Waals surface area contributed by atoms with E-state index in [4.69, 9.17) is 28.0 Å². The van der Waals surface area contributed by atoms with Gasteiger partial charge in [0, 0.05) is 61.7 Å². The van der Waals surface area contributed by atoms with Gasteiger partial charge < -0.3 is 9.47 Å². The Hall–Kier alpha value is -2.09. The first-order valence-electron chi connectivity index (χ1n) is 10.1. The van der Waals surface area contributed by atoms with Gasteiger partial charge in [0.05, 0.1) is 28.9 Å². The van der Waals surface area contributed by atoms with E-state index in [1.54, 1.807) is 17.3 Å². The van der Waals surface area contributed by atoms with Gasteiger partial charge in [-0.05, 0) is 43.5 Å². The molecule has 0 radical (unpaired) electrons. The smallest absolute Gasteiger partial charge is 0.238 e. The van der Waals surface area contributed by atoms with Crippen molar-refractivity contribution in [3.8, 4) is 0 Å². The van der Waals surface area contributed by atoms with Crippen molar-refractivity contribution < 1.29 is 9.00 Å². The molecule has 1 atom stereocenters. The molecule has 1 saturated carbocycles. The maximum atomic E-state index is 13.4. The van der Waals surface area contributed by atoms with Crippen molar-refractivity contribution in [1.29, 1.82) is 4.78 Å². The van der Waals surface area contributed by atoms with E-state index in [0.29, 0.717) is 35.3 Å². The van der Waals surface area contributed by atoms with Gasteiger partial charge in [-0.1, -0.05) is 23.2 Å². The molecule has 1 aliphatic carbocycles. The van der Waals surface area contributed by atoms with Crippen molar-refractivity contribution in [3.05, 3.63) is 58.0 Å². The Kier molecular flexibility index (Phi) is 4.84. The molecule has 3 aromatic rings. The number of hydrogen-bond acceptors (Lipinski definition) is 4. The third kappa shape index (κ3) is 3.52. The van der Waals surface area contributed by atoms with Gasteiger partial charge in [0.1, 0.15) is 0 Å². The third-order valence-corrected chi connectivity index (χ3v) is 7.83. The minimum absolute atomic E-state index is 0.0787. The second-order valence-corrected chi connectivity index (χ2v) is 11.8. The average Bonchev–Trinajstić information content (AvgIpc) is 3.37. The van der Waals surface area contributed by atoms with Crippen LogP contribution in [0.3, 0.4) is 0 Å². The highest BCUT2D eigenvalue weighted by molar-refractivity contribution is 7.91. The molecule has 9 heteroatoms. The summed E-state index contributed by atoms with van der Waals surface area (Å²) in [6.07, 6.45) is 7.03. The summed E-state index contributed by atoms with van der Waals surface area (Å²) >= 11 is 12.7. The maximum Gasteiger partial charge on any atom is 0.238 e. The quantitative estimate of drug-likeness (QED) is 0.544. The van der Waals surface area contributed by atoms with Crippen LogP contribution in [0.4, 0.5) is 5.69 Å². The highest BCUT2D eigenvalue weighted by Gasteiger charge is 2.60. The zero-order chi connectivity index (χ0) is 22.0. The van der Waals surface area contributed by atoms with E-state index in [1.165, 1.54) is 6.26 Å². The number of nitrogens with zero attached hydrogens (tertiary/aromatic N) is 3. The number of carbonyl (C=O) groups excluding carboxylic acids is 1. The second-order valence-electron chi connectivity index (χ2n) is 8.54. The predicted octanol–water partition coefficient (Wildman–Crippen LogP) is 4.99. The molecule has 2 aromatic heterocycles. The largest absolute Gasteiger partial charge is 0.343 e. The van der Waals surface area contributed by atoms with Crippen LogP contribution in [0.15, 0.2) is 36.7 Å². The summed E-state index contributed by atoms with van der Waals surface area (Å²) in [6, 6.07) is 7.77. The summed E-state index contributed by atoms with van der Waals surface area (Å²) in [7, 11) is -2.56. The lowest BCUT2D eigenvalue weighted by atomic mass is 9.99. The first-order valence-corrected chi connectivity index (χ1v) is 13.0. The standard InChI is InChI=1S/C22H22Cl2N4O2S/c1-31(25,30)8-2-7-27-16(10-14-9-15(23)3-4-18(14)27)13-28-19-12-26-11-17(24)20(19)22(5-6-22)21(28)29/h3-4,9-12,25H,2,5-8,13H2,1H3. The number of aromatic nitrogens is 2. The molecular weight excluding hydrogens is 455 g/mol. The molecule has 1 amide bonds. The van der Waals surface area contributed by atoms with Crippen molar-refractivity contribution in [3.63, 3.8) is 0 Å². The fourth-order valence-electron chi connectivity index (χ4n) is 4.68. The molecule has 1 aliphatic heterocycles. The third-order valence-electron chi connectivity index (χ3n) is 6.24. The van der Waals surface area contributed by atoms with Crippen LogP contribution < -0.4 is 4.90 Å². The molecular formula is C22H22Cl2N4O2S. The summed E-state index contributed by atoms with van der Waals surface area (Å²) in [4.78, 5) is 19.4. The van der Waals surface area contributed by atoms with Gasteiger partial charge >= 0.3 is 0 Å². The van der Waals surface area contributed by atoms with Crippen LogP contribution in [0.25, 0.3) is 10.9 Å². The topological polar surface area (TPSA) is 79.0 Å². The van der Waals surface area contributed by atoms with Crippen LogP contribution in [-0.2, 0) is 33.0 Å². The first kappa shape index (κ1) is 20.8. The zero-order valence-corrected chi connectivity index (χ0v) is 19.4. The van der Waals surface area contributed by atoms with Gasteiger partial charge in [0.15, 0.2) is 0 Å². The van der Waals surface area contributed by atoms with E-state index >= 15 is 0 Å². The van der Waals surface area contributed by atoms with Gasteiger partial charge in [0.25, 0.3) is 0 Å². The number of amides is 1. The lowest BCUT2D eigenvalue weighted by molar-refractivity contribution is -0.120. The monoisotopic (exact) mass is 476 g/mol. The molecule has 3 heterocycles. The fourth-order valence-corrected chi connectivity index (χ4v) is 5.87. The number of aryl methyl sites for hydroxylation is 1. The van der Waals surface area contributed by atoms with E-state index in [-0.39, 0.29) is 5.91 Å². The van der Waals surface area contributed by atoms with Gasteiger partial charge in [-0.25, -0.2) is 0 Å². The van der Waals surface area contributed by atoms with Gasteiger partial charge in [-0.3, -0.25) is 18.8 Å². The summed E-state index contributed by atoms with van der Waals surface area (Å²) in [5.74, 6) is 0.406. The van der Waals surface area contributed by atoms with Crippen molar-refractivity contribution in [2.45, 2.75) is 37.8 Å². The number of nitrogens with one attached hydrogen (secondary N) is 1. The van der Waals surface area contributed by atoms with E-state index in [1.807, 2.05) is 24.3 Å². The summed E-state index contributed by atoms with van der Waals surface area (Å²) in [6.45, 7) is 1.00. The van der Waals surface area contributed by atoms with Crippen LogP contribution in [-0.4, -0.2) is 31.7 Å². The Morgan fingerprint density at radius 2 is 2.00 bits per heavy atom. The molecule has 162 valence electrons. The molecule has 0 saturated heterocycles. The number of pyridine rings is 1. The normalized spacial score (nSPS) is 18.5. The molecule has 6 nitrogen and oxygen atoms in total.